The first-order valence-corrected chi connectivity index (χ1v) is 8.04. The second-order valence-corrected chi connectivity index (χ2v) is 5.67. The molecule has 1 N–H and O–H groups in total. The fourth-order valence-corrected chi connectivity index (χ4v) is 2.82. The van der Waals surface area contributed by atoms with Gasteiger partial charge in [0.15, 0.2) is 11.5 Å². The van der Waals surface area contributed by atoms with Gasteiger partial charge in [-0.05, 0) is 23.6 Å². The Kier molecular flexibility index (Phi) is 3.67. The van der Waals surface area contributed by atoms with Crippen molar-refractivity contribution >= 4 is 22.9 Å². The second kappa shape index (κ2) is 6.13. The summed E-state index contributed by atoms with van der Waals surface area (Å²) in [5.41, 5.74) is 2.73. The van der Waals surface area contributed by atoms with Crippen LogP contribution in [-0.2, 0) is 6.54 Å². The first kappa shape index (κ1) is 14.4. The van der Waals surface area contributed by atoms with E-state index >= 15 is 0 Å². The first-order chi connectivity index (χ1) is 11.8. The van der Waals surface area contributed by atoms with Crippen molar-refractivity contribution in [3.05, 3.63) is 59.1 Å². The van der Waals surface area contributed by atoms with Crippen LogP contribution in [0.4, 0.5) is 0 Å². The Bertz CT molecular complexity index is 982. The standard InChI is InChI=1S/C15H11N7OS/c23-15(12-7-16-4-5-17-12)18-8-14-20-19-13-2-1-11(21-22(13)14)10-3-6-24-9-10/h1-7,9H,8H2,(H,18,23). The van der Waals surface area contributed by atoms with Crippen molar-refractivity contribution in [3.8, 4) is 11.3 Å². The zero-order valence-corrected chi connectivity index (χ0v) is 13.1. The molecule has 0 saturated carbocycles. The minimum Gasteiger partial charge on any atom is -0.343 e. The van der Waals surface area contributed by atoms with Gasteiger partial charge in [0, 0.05) is 23.3 Å². The summed E-state index contributed by atoms with van der Waals surface area (Å²) in [6.45, 7) is 0.191. The summed E-state index contributed by atoms with van der Waals surface area (Å²) in [7, 11) is 0. The van der Waals surface area contributed by atoms with Gasteiger partial charge >= 0.3 is 0 Å². The minimum absolute atomic E-state index is 0.191. The van der Waals surface area contributed by atoms with Gasteiger partial charge < -0.3 is 5.32 Å². The van der Waals surface area contributed by atoms with Gasteiger partial charge in [0.25, 0.3) is 5.91 Å². The van der Waals surface area contributed by atoms with Crippen molar-refractivity contribution in [1.82, 2.24) is 35.1 Å². The normalized spacial score (nSPS) is 10.8. The smallest absolute Gasteiger partial charge is 0.271 e. The predicted octanol–water partition coefficient (Wildman–Crippen LogP) is 1.57. The van der Waals surface area contributed by atoms with Gasteiger partial charge in [-0.2, -0.15) is 21.0 Å². The van der Waals surface area contributed by atoms with Crippen molar-refractivity contribution < 1.29 is 4.79 Å². The van der Waals surface area contributed by atoms with Gasteiger partial charge in [0.05, 0.1) is 18.4 Å². The maximum atomic E-state index is 12.0. The van der Waals surface area contributed by atoms with Crippen molar-refractivity contribution in [2.24, 2.45) is 0 Å². The third-order valence-corrected chi connectivity index (χ3v) is 4.03. The molecule has 0 saturated heterocycles. The van der Waals surface area contributed by atoms with Crippen LogP contribution in [0.1, 0.15) is 16.3 Å². The van der Waals surface area contributed by atoms with E-state index in [9.17, 15) is 4.79 Å². The number of carbonyl (C=O) groups is 1. The molecule has 0 unspecified atom stereocenters. The number of amides is 1. The zero-order chi connectivity index (χ0) is 16.4. The average molecular weight is 337 g/mol. The highest BCUT2D eigenvalue weighted by molar-refractivity contribution is 7.08. The second-order valence-electron chi connectivity index (χ2n) is 4.89. The number of nitrogens with zero attached hydrogens (tertiary/aromatic N) is 6. The lowest BCUT2D eigenvalue weighted by Gasteiger charge is -2.04. The molecule has 118 valence electrons. The van der Waals surface area contributed by atoms with Gasteiger partial charge in [0.2, 0.25) is 0 Å². The highest BCUT2D eigenvalue weighted by Crippen LogP contribution is 2.20. The molecule has 8 nitrogen and oxygen atoms in total. The molecule has 0 aromatic carbocycles. The van der Waals surface area contributed by atoms with Gasteiger partial charge in [-0.1, -0.05) is 0 Å². The Balaban J connectivity index is 1.58. The van der Waals surface area contributed by atoms with E-state index in [1.807, 2.05) is 29.0 Å². The Morgan fingerprint density at radius 1 is 1.21 bits per heavy atom. The van der Waals surface area contributed by atoms with Crippen LogP contribution in [0.25, 0.3) is 16.9 Å². The molecule has 0 aliphatic carbocycles. The van der Waals surface area contributed by atoms with E-state index in [0.29, 0.717) is 11.5 Å². The molecule has 4 rings (SSSR count). The third kappa shape index (κ3) is 2.72. The summed E-state index contributed by atoms with van der Waals surface area (Å²) < 4.78 is 1.63. The molecule has 1 amide bonds. The van der Waals surface area contributed by atoms with Crippen LogP contribution in [-0.4, -0.2) is 35.7 Å². The molecule has 0 radical (unpaired) electrons. The number of aromatic nitrogens is 6. The summed E-state index contributed by atoms with van der Waals surface area (Å²) in [5, 5.41) is 19.5. The monoisotopic (exact) mass is 337 g/mol. The maximum Gasteiger partial charge on any atom is 0.271 e. The lowest BCUT2D eigenvalue weighted by molar-refractivity contribution is 0.0944. The van der Waals surface area contributed by atoms with Crippen molar-refractivity contribution in [3.63, 3.8) is 0 Å². The van der Waals surface area contributed by atoms with E-state index in [2.05, 4.69) is 30.6 Å². The molecule has 0 fully saturated rings. The third-order valence-electron chi connectivity index (χ3n) is 3.35. The highest BCUT2D eigenvalue weighted by Gasteiger charge is 2.12. The van der Waals surface area contributed by atoms with Gasteiger partial charge in [-0.15, -0.1) is 10.2 Å². The summed E-state index contributed by atoms with van der Waals surface area (Å²) in [5.74, 6) is 0.216. The van der Waals surface area contributed by atoms with Gasteiger partial charge in [-0.3, -0.25) is 9.78 Å². The lowest BCUT2D eigenvalue weighted by atomic mass is 10.2. The van der Waals surface area contributed by atoms with Crippen LogP contribution in [0, 0.1) is 0 Å². The molecular weight excluding hydrogens is 326 g/mol. The van der Waals surface area contributed by atoms with Crippen LogP contribution in [0.15, 0.2) is 47.5 Å². The van der Waals surface area contributed by atoms with Crippen molar-refractivity contribution in [2.75, 3.05) is 0 Å². The molecule has 0 aliphatic rings. The van der Waals surface area contributed by atoms with E-state index in [0.717, 1.165) is 11.3 Å². The number of carbonyl (C=O) groups excluding carboxylic acids is 1. The van der Waals surface area contributed by atoms with Crippen LogP contribution >= 0.6 is 11.3 Å². The van der Waals surface area contributed by atoms with Gasteiger partial charge in [0.1, 0.15) is 5.69 Å². The number of rotatable bonds is 4. The summed E-state index contributed by atoms with van der Waals surface area (Å²) >= 11 is 1.61. The lowest BCUT2D eigenvalue weighted by Crippen LogP contribution is -2.25. The number of hydrogen-bond acceptors (Lipinski definition) is 7. The molecular formula is C15H11N7OS. The topological polar surface area (TPSA) is 98.0 Å². The van der Waals surface area contributed by atoms with Crippen LogP contribution in [0.5, 0.6) is 0 Å². The molecule has 4 aromatic heterocycles. The molecule has 0 spiro atoms. The molecule has 0 bridgehead atoms. The first-order valence-electron chi connectivity index (χ1n) is 7.09. The summed E-state index contributed by atoms with van der Waals surface area (Å²) in [6.07, 6.45) is 4.39. The summed E-state index contributed by atoms with van der Waals surface area (Å²) in [6, 6.07) is 5.74. The largest absolute Gasteiger partial charge is 0.343 e. The fraction of sp³-hybridized carbons (Fsp3) is 0.0667. The fourth-order valence-electron chi connectivity index (χ4n) is 2.17. The van der Waals surface area contributed by atoms with Crippen molar-refractivity contribution in [1.29, 1.82) is 0 Å². The molecule has 4 aromatic rings. The maximum absolute atomic E-state index is 12.0. The zero-order valence-electron chi connectivity index (χ0n) is 12.3. The molecule has 4 heterocycles. The SMILES string of the molecule is O=C(NCc1nnc2ccc(-c3ccsc3)nn12)c1cnccn1. The van der Waals surface area contributed by atoms with Crippen LogP contribution < -0.4 is 5.32 Å². The Morgan fingerprint density at radius 3 is 2.96 bits per heavy atom. The quantitative estimate of drug-likeness (QED) is 0.607. The van der Waals surface area contributed by atoms with Gasteiger partial charge in [-0.25, -0.2) is 4.98 Å². The van der Waals surface area contributed by atoms with E-state index < -0.39 is 0 Å². The molecule has 0 aliphatic heterocycles. The number of fused-ring (bicyclic) bond motifs is 1. The van der Waals surface area contributed by atoms with Crippen LogP contribution in [0.2, 0.25) is 0 Å². The molecule has 0 atom stereocenters. The molecule has 9 heteroatoms. The number of nitrogens with one attached hydrogen (secondary N) is 1. The Hall–Kier alpha value is -3.20. The van der Waals surface area contributed by atoms with E-state index in [1.54, 1.807) is 15.9 Å². The summed E-state index contributed by atoms with van der Waals surface area (Å²) in [4.78, 5) is 19.9. The number of hydrogen-bond donors (Lipinski definition) is 1. The van der Waals surface area contributed by atoms with E-state index in [4.69, 9.17) is 0 Å². The van der Waals surface area contributed by atoms with E-state index in [1.165, 1.54) is 18.6 Å². The van der Waals surface area contributed by atoms with E-state index in [-0.39, 0.29) is 18.1 Å². The predicted molar refractivity (Wildman–Crippen MR) is 87.3 cm³/mol. The highest BCUT2D eigenvalue weighted by atomic mass is 32.1. The Morgan fingerprint density at radius 2 is 2.17 bits per heavy atom. The number of thiophene rings is 1. The van der Waals surface area contributed by atoms with Crippen molar-refractivity contribution in [2.45, 2.75) is 6.54 Å². The van der Waals surface area contributed by atoms with Crippen LogP contribution in [0.3, 0.4) is 0 Å². The average Bonchev–Trinajstić information content (AvgIpc) is 3.30. The Labute approximate surface area is 140 Å². The minimum atomic E-state index is -0.325. The molecule has 24 heavy (non-hydrogen) atoms.